The molecule has 0 radical (unpaired) electrons. The Kier molecular flexibility index (Phi) is 13.3. The van der Waals surface area contributed by atoms with Crippen LogP contribution in [0.15, 0.2) is 106 Å². The fourth-order valence-electron chi connectivity index (χ4n) is 5.84. The van der Waals surface area contributed by atoms with E-state index in [-0.39, 0.29) is 11.3 Å². The van der Waals surface area contributed by atoms with Crippen molar-refractivity contribution in [2.45, 2.75) is 114 Å². The summed E-state index contributed by atoms with van der Waals surface area (Å²) < 4.78 is 0. The van der Waals surface area contributed by atoms with Crippen LogP contribution in [0.5, 0.6) is 0 Å². The number of rotatable bonds is 9. The van der Waals surface area contributed by atoms with Crippen LogP contribution in [0.3, 0.4) is 0 Å². The highest BCUT2D eigenvalue weighted by Crippen LogP contribution is 2.41. The molecule has 1 unspecified atom stereocenters. The zero-order valence-corrected chi connectivity index (χ0v) is 27.4. The van der Waals surface area contributed by atoms with E-state index in [1.54, 1.807) is 11.1 Å². The SMILES string of the molecule is CC1=C(/C=C/C(C)=C/C=C/C(C)=C/CC#CC(C)/C=C/C=C(C)/C=C/C2=C(C)CCCC2(C)C)C(C)(C)CCC1. The lowest BCUT2D eigenvalue weighted by Crippen LogP contribution is -2.19. The molecule has 2 aliphatic rings. The molecule has 0 heteroatoms. The van der Waals surface area contributed by atoms with Crippen molar-refractivity contribution in [1.29, 1.82) is 0 Å². The van der Waals surface area contributed by atoms with Crippen LogP contribution in [0.1, 0.15) is 114 Å². The van der Waals surface area contributed by atoms with Crippen LogP contribution in [0, 0.1) is 28.6 Å². The molecule has 0 amide bonds. The second-order valence-corrected chi connectivity index (χ2v) is 13.4. The smallest absolute Gasteiger partial charge is 0.0357 e. The van der Waals surface area contributed by atoms with Gasteiger partial charge in [0.05, 0.1) is 0 Å². The molecule has 40 heavy (non-hydrogen) atoms. The van der Waals surface area contributed by atoms with Gasteiger partial charge in [0.1, 0.15) is 0 Å². The average Bonchev–Trinajstić information content (AvgIpc) is 2.85. The van der Waals surface area contributed by atoms with Crippen LogP contribution in [0.4, 0.5) is 0 Å². The van der Waals surface area contributed by atoms with E-state index in [0.717, 1.165) is 6.42 Å². The third kappa shape index (κ3) is 11.4. The molecule has 1 atom stereocenters. The minimum absolute atomic E-state index is 0.241. The molecule has 0 aromatic heterocycles. The molecule has 2 aliphatic carbocycles. The summed E-state index contributed by atoms with van der Waals surface area (Å²) in [5.74, 6) is 6.92. The molecule has 0 fully saturated rings. The standard InChI is InChI=1S/C40H56/c1-31(19-13-21-33(3)25-27-37-35(5)23-15-29-39(37,7)8)17-11-12-18-32(2)20-14-22-34(4)26-28-38-36(6)24-16-30-40(38,9)10/h13-14,17,19-22,25-28,32H,11,15-16,23-24,29-30H2,1-10H3/b19-13+,20-14+,27-25+,28-26+,31-17+,33-21+,34-22+. The van der Waals surface area contributed by atoms with Gasteiger partial charge in [-0.1, -0.05) is 134 Å². The molecule has 0 bridgehead atoms. The van der Waals surface area contributed by atoms with Crippen LogP contribution in [-0.2, 0) is 0 Å². The molecule has 0 N–H and O–H groups in total. The fraction of sp³-hybridized carbons (Fsp3) is 0.500. The molecule has 0 spiro atoms. The van der Waals surface area contributed by atoms with Gasteiger partial charge >= 0.3 is 0 Å². The van der Waals surface area contributed by atoms with Crippen molar-refractivity contribution in [3.63, 3.8) is 0 Å². The third-order valence-corrected chi connectivity index (χ3v) is 8.44. The summed E-state index contributed by atoms with van der Waals surface area (Å²) in [5, 5.41) is 0. The van der Waals surface area contributed by atoms with Crippen LogP contribution < -0.4 is 0 Å². The van der Waals surface area contributed by atoms with Gasteiger partial charge in [-0.15, -0.1) is 0 Å². The van der Waals surface area contributed by atoms with Crippen molar-refractivity contribution in [2.75, 3.05) is 0 Å². The van der Waals surface area contributed by atoms with E-state index in [4.69, 9.17) is 0 Å². The van der Waals surface area contributed by atoms with E-state index in [9.17, 15) is 0 Å². The van der Waals surface area contributed by atoms with Crippen LogP contribution in [0.2, 0.25) is 0 Å². The first kappa shape index (κ1) is 33.4. The summed E-state index contributed by atoms with van der Waals surface area (Å²) in [4.78, 5) is 0. The Hall–Kier alpha value is -2.78. The van der Waals surface area contributed by atoms with Gasteiger partial charge in [-0.05, 0) is 102 Å². The Bertz CT molecular complexity index is 1210. The van der Waals surface area contributed by atoms with Gasteiger partial charge in [0.2, 0.25) is 0 Å². The molecule has 0 aliphatic heterocycles. The van der Waals surface area contributed by atoms with Crippen molar-refractivity contribution in [2.24, 2.45) is 16.7 Å². The number of hydrogen-bond donors (Lipinski definition) is 0. The summed E-state index contributed by atoms with van der Waals surface area (Å²) in [5.41, 5.74) is 10.5. The minimum Gasteiger partial charge on any atom is -0.0985 e. The fourth-order valence-corrected chi connectivity index (χ4v) is 5.84. The lowest BCUT2D eigenvalue weighted by atomic mass is 9.72. The van der Waals surface area contributed by atoms with Gasteiger partial charge in [-0.25, -0.2) is 0 Å². The summed E-state index contributed by atoms with van der Waals surface area (Å²) >= 11 is 0. The predicted molar refractivity (Wildman–Crippen MR) is 180 cm³/mol. The number of allylic oxidation sites excluding steroid dienone is 18. The molecule has 0 saturated heterocycles. The van der Waals surface area contributed by atoms with E-state index in [1.807, 2.05) is 0 Å². The van der Waals surface area contributed by atoms with Gasteiger partial charge in [-0.2, -0.15) is 0 Å². The van der Waals surface area contributed by atoms with Crippen LogP contribution >= 0.6 is 0 Å². The second-order valence-electron chi connectivity index (χ2n) is 13.4. The molecule has 0 nitrogen and oxygen atoms in total. The first-order valence-corrected chi connectivity index (χ1v) is 15.4. The lowest BCUT2D eigenvalue weighted by molar-refractivity contribution is 0.376. The summed E-state index contributed by atoms with van der Waals surface area (Å²) in [6.07, 6.45) is 32.9. The molecular weight excluding hydrogens is 480 g/mol. The Morgan fingerprint density at radius 2 is 1.25 bits per heavy atom. The molecule has 0 aromatic rings. The summed E-state index contributed by atoms with van der Waals surface area (Å²) in [6.45, 7) is 22.7. The van der Waals surface area contributed by atoms with Crippen LogP contribution in [0.25, 0.3) is 0 Å². The topological polar surface area (TPSA) is 0 Å². The van der Waals surface area contributed by atoms with Crippen LogP contribution in [-0.4, -0.2) is 0 Å². The lowest BCUT2D eigenvalue weighted by Gasteiger charge is -2.33. The first-order valence-electron chi connectivity index (χ1n) is 15.4. The maximum Gasteiger partial charge on any atom is 0.0357 e. The molecule has 216 valence electrons. The Labute approximate surface area is 248 Å². The summed E-state index contributed by atoms with van der Waals surface area (Å²) in [6, 6.07) is 0. The van der Waals surface area contributed by atoms with Gasteiger partial charge in [-0.3, -0.25) is 0 Å². The maximum atomic E-state index is 3.36. The molecule has 0 heterocycles. The van der Waals surface area contributed by atoms with Crippen molar-refractivity contribution >= 4 is 0 Å². The largest absolute Gasteiger partial charge is 0.0985 e. The quantitative estimate of drug-likeness (QED) is 0.203. The maximum absolute atomic E-state index is 3.36. The highest BCUT2D eigenvalue weighted by atomic mass is 14.3. The summed E-state index contributed by atoms with van der Waals surface area (Å²) in [7, 11) is 0. The zero-order chi connectivity index (χ0) is 29.8. The van der Waals surface area contributed by atoms with Crippen molar-refractivity contribution in [3.8, 4) is 11.8 Å². The first-order chi connectivity index (χ1) is 18.8. The average molecular weight is 537 g/mol. The van der Waals surface area contributed by atoms with E-state index in [0.29, 0.717) is 5.41 Å². The van der Waals surface area contributed by atoms with Gasteiger partial charge in [0.15, 0.2) is 0 Å². The predicted octanol–water partition coefficient (Wildman–Crippen LogP) is 12.1. The third-order valence-electron chi connectivity index (χ3n) is 8.44. The Morgan fingerprint density at radius 1 is 0.750 bits per heavy atom. The zero-order valence-electron chi connectivity index (χ0n) is 27.4. The van der Waals surface area contributed by atoms with E-state index < -0.39 is 0 Å². The molecule has 0 saturated carbocycles. The highest BCUT2D eigenvalue weighted by Gasteiger charge is 2.27. The normalized spacial score (nSPS) is 21.7. The monoisotopic (exact) mass is 536 g/mol. The van der Waals surface area contributed by atoms with Gasteiger partial charge < -0.3 is 0 Å². The van der Waals surface area contributed by atoms with Gasteiger partial charge in [0.25, 0.3) is 0 Å². The Balaban J connectivity index is 1.84. The Morgan fingerprint density at radius 3 is 1.75 bits per heavy atom. The van der Waals surface area contributed by atoms with Crippen molar-refractivity contribution in [1.82, 2.24) is 0 Å². The van der Waals surface area contributed by atoms with Crippen molar-refractivity contribution in [3.05, 3.63) is 106 Å². The number of hydrogen-bond acceptors (Lipinski definition) is 0. The van der Waals surface area contributed by atoms with Crippen molar-refractivity contribution < 1.29 is 0 Å². The second kappa shape index (κ2) is 15.9. The molecule has 2 rings (SSSR count). The highest BCUT2D eigenvalue weighted by molar-refractivity contribution is 5.38. The van der Waals surface area contributed by atoms with E-state index in [1.165, 1.54) is 66.4 Å². The molecule has 0 aromatic carbocycles. The minimum atomic E-state index is 0.241. The van der Waals surface area contributed by atoms with E-state index >= 15 is 0 Å². The van der Waals surface area contributed by atoms with Gasteiger partial charge in [0, 0.05) is 12.3 Å². The van der Waals surface area contributed by atoms with E-state index in [2.05, 4.69) is 148 Å². The molecular formula is C40H56.